The number of likely N-dealkylation sites (tertiary alicyclic amines) is 1. The predicted octanol–water partition coefficient (Wildman–Crippen LogP) is 4.18. The van der Waals surface area contributed by atoms with Gasteiger partial charge in [0.25, 0.3) is 0 Å². The minimum absolute atomic E-state index is 0.00259. The van der Waals surface area contributed by atoms with Crippen molar-refractivity contribution >= 4 is 17.5 Å². The number of ether oxygens (including phenoxy) is 1. The third kappa shape index (κ3) is 4.98. The number of carbonyl (C=O) groups excluding carboxylic acids is 1. The maximum Gasteiger partial charge on any atom is 0.410 e. The van der Waals surface area contributed by atoms with E-state index in [9.17, 15) is 4.79 Å². The fraction of sp³-hybridized carbons (Fsp3) is 0.556. The highest BCUT2D eigenvalue weighted by Gasteiger charge is 2.33. The van der Waals surface area contributed by atoms with Crippen LogP contribution in [0, 0.1) is 6.92 Å². The third-order valence-electron chi connectivity index (χ3n) is 3.78. The zero-order chi connectivity index (χ0) is 17.0. The number of hydrazone groups is 1. The van der Waals surface area contributed by atoms with Crippen molar-refractivity contribution < 1.29 is 9.53 Å². The number of rotatable bonds is 3. The zero-order valence-electron chi connectivity index (χ0n) is 14.7. The first-order valence-corrected chi connectivity index (χ1v) is 8.13. The van der Waals surface area contributed by atoms with E-state index in [0.717, 1.165) is 30.8 Å². The number of aryl methyl sites for hydroxylation is 1. The first-order chi connectivity index (χ1) is 10.8. The maximum atomic E-state index is 12.3. The van der Waals surface area contributed by atoms with Crippen molar-refractivity contribution in [1.82, 2.24) is 4.90 Å². The summed E-state index contributed by atoms with van der Waals surface area (Å²) in [6.45, 7) is 10.4. The summed E-state index contributed by atoms with van der Waals surface area (Å²) in [5.74, 6) is 0. The molecule has 1 atom stereocenters. The minimum atomic E-state index is -0.477. The third-order valence-corrected chi connectivity index (χ3v) is 3.78. The highest BCUT2D eigenvalue weighted by Crippen LogP contribution is 2.22. The van der Waals surface area contributed by atoms with Crippen LogP contribution < -0.4 is 5.43 Å². The van der Waals surface area contributed by atoms with E-state index in [2.05, 4.69) is 17.5 Å². The van der Waals surface area contributed by atoms with Crippen LogP contribution in [-0.4, -0.2) is 34.9 Å². The molecule has 1 aromatic carbocycles. The van der Waals surface area contributed by atoms with Gasteiger partial charge >= 0.3 is 6.09 Å². The number of nitrogens with zero attached hydrogens (tertiary/aromatic N) is 2. The van der Waals surface area contributed by atoms with E-state index >= 15 is 0 Å². The van der Waals surface area contributed by atoms with E-state index in [-0.39, 0.29) is 12.1 Å². The molecule has 0 radical (unpaired) electrons. The minimum Gasteiger partial charge on any atom is -0.444 e. The lowest BCUT2D eigenvalue weighted by Gasteiger charge is -2.28. The lowest BCUT2D eigenvalue weighted by atomic mass is 10.1. The molecule has 1 aliphatic rings. The molecule has 1 fully saturated rings. The molecule has 0 saturated carbocycles. The van der Waals surface area contributed by atoms with Crippen LogP contribution in [0.15, 0.2) is 29.4 Å². The van der Waals surface area contributed by atoms with E-state index in [1.165, 1.54) is 5.56 Å². The van der Waals surface area contributed by atoms with Gasteiger partial charge in [-0.25, -0.2) is 4.79 Å². The van der Waals surface area contributed by atoms with Crippen molar-refractivity contribution in [3.8, 4) is 0 Å². The summed E-state index contributed by atoms with van der Waals surface area (Å²) in [5, 5.41) is 4.45. The van der Waals surface area contributed by atoms with Crippen LogP contribution in [-0.2, 0) is 4.74 Å². The molecule has 0 aliphatic carbocycles. The Bertz CT molecular complexity index is 573. The standard InChI is InChI=1S/C18H27N3O2/c1-13-8-10-15(11-9-13)20-19-14(2)16-7-6-12-21(16)17(22)23-18(3,4)5/h8-11,16,20H,6-7,12H2,1-5H3/b19-14+/t16-/m0/s1. The first-order valence-electron chi connectivity index (χ1n) is 8.13. The Hall–Kier alpha value is -2.04. The molecule has 0 spiro atoms. The molecule has 0 unspecified atom stereocenters. The normalized spacial score (nSPS) is 18.9. The molecule has 1 aliphatic heterocycles. The van der Waals surface area contributed by atoms with Crippen LogP contribution in [0.2, 0.25) is 0 Å². The number of benzene rings is 1. The smallest absolute Gasteiger partial charge is 0.410 e. The maximum absolute atomic E-state index is 12.3. The van der Waals surface area contributed by atoms with E-state index in [1.54, 1.807) is 4.90 Å². The number of anilines is 1. The molecule has 0 aromatic heterocycles. The summed E-state index contributed by atoms with van der Waals surface area (Å²) in [4.78, 5) is 14.1. The van der Waals surface area contributed by atoms with Crippen LogP contribution in [0.1, 0.15) is 46.1 Å². The molecule has 1 heterocycles. The van der Waals surface area contributed by atoms with Gasteiger partial charge in [0.1, 0.15) is 5.60 Å². The predicted molar refractivity (Wildman–Crippen MR) is 93.9 cm³/mol. The van der Waals surface area contributed by atoms with Gasteiger partial charge in [-0.15, -0.1) is 0 Å². The second kappa shape index (κ2) is 7.02. The molecular weight excluding hydrogens is 290 g/mol. The molecular formula is C18H27N3O2. The number of hydrogen-bond donors (Lipinski definition) is 1. The monoisotopic (exact) mass is 317 g/mol. The SMILES string of the molecule is C/C(=N\Nc1ccc(C)cc1)[C@@H]1CCCN1C(=O)OC(C)(C)C. The van der Waals surface area contributed by atoms with Crippen molar-refractivity contribution in [3.63, 3.8) is 0 Å². The molecule has 5 nitrogen and oxygen atoms in total. The average Bonchev–Trinajstić information content (AvgIpc) is 2.94. The summed E-state index contributed by atoms with van der Waals surface area (Å²) in [5.41, 5.74) is 5.64. The van der Waals surface area contributed by atoms with Gasteiger partial charge in [0, 0.05) is 6.54 Å². The molecule has 126 valence electrons. The Balaban J connectivity index is 2.02. The fourth-order valence-electron chi connectivity index (χ4n) is 2.60. The molecule has 1 amide bonds. The average molecular weight is 317 g/mol. The summed E-state index contributed by atoms with van der Waals surface area (Å²) >= 11 is 0. The van der Waals surface area contributed by atoms with E-state index < -0.39 is 5.60 Å². The lowest BCUT2D eigenvalue weighted by molar-refractivity contribution is 0.0265. The highest BCUT2D eigenvalue weighted by atomic mass is 16.6. The summed E-state index contributed by atoms with van der Waals surface area (Å²) in [6, 6.07) is 8.06. The molecule has 23 heavy (non-hydrogen) atoms. The Labute approximate surface area is 138 Å². The van der Waals surface area contributed by atoms with Crippen LogP contribution in [0.4, 0.5) is 10.5 Å². The fourth-order valence-corrected chi connectivity index (χ4v) is 2.60. The van der Waals surface area contributed by atoms with Gasteiger partial charge in [0.05, 0.1) is 17.4 Å². The molecule has 1 aromatic rings. The Kier molecular flexibility index (Phi) is 5.29. The molecule has 2 rings (SSSR count). The number of hydrogen-bond acceptors (Lipinski definition) is 4. The topological polar surface area (TPSA) is 53.9 Å². The van der Waals surface area contributed by atoms with Crippen LogP contribution in [0.5, 0.6) is 0 Å². The van der Waals surface area contributed by atoms with Gasteiger partial charge in [0.15, 0.2) is 0 Å². The number of nitrogens with one attached hydrogen (secondary N) is 1. The van der Waals surface area contributed by atoms with Crippen LogP contribution in [0.25, 0.3) is 0 Å². The van der Waals surface area contributed by atoms with E-state index in [1.807, 2.05) is 52.0 Å². The summed E-state index contributed by atoms with van der Waals surface area (Å²) in [6.07, 6.45) is 1.63. The van der Waals surface area contributed by atoms with Gasteiger partial charge in [0.2, 0.25) is 0 Å². The van der Waals surface area contributed by atoms with Gasteiger partial charge in [-0.1, -0.05) is 17.7 Å². The van der Waals surface area contributed by atoms with Crippen molar-refractivity contribution in [1.29, 1.82) is 0 Å². The van der Waals surface area contributed by atoms with Crippen molar-refractivity contribution in [2.75, 3.05) is 12.0 Å². The van der Waals surface area contributed by atoms with E-state index in [0.29, 0.717) is 0 Å². The second-order valence-corrected chi connectivity index (χ2v) is 7.06. The number of carbonyl (C=O) groups is 1. The second-order valence-electron chi connectivity index (χ2n) is 7.06. The Morgan fingerprint density at radius 1 is 1.30 bits per heavy atom. The molecule has 0 bridgehead atoms. The van der Waals surface area contributed by atoms with Crippen LogP contribution in [0.3, 0.4) is 0 Å². The van der Waals surface area contributed by atoms with Crippen molar-refractivity contribution in [3.05, 3.63) is 29.8 Å². The highest BCUT2D eigenvalue weighted by molar-refractivity contribution is 5.91. The lowest BCUT2D eigenvalue weighted by Crippen LogP contribution is -2.42. The van der Waals surface area contributed by atoms with E-state index in [4.69, 9.17) is 4.74 Å². The Morgan fingerprint density at radius 2 is 1.96 bits per heavy atom. The molecule has 1 N–H and O–H groups in total. The summed E-state index contributed by atoms with van der Waals surface area (Å²) < 4.78 is 5.49. The summed E-state index contributed by atoms with van der Waals surface area (Å²) in [7, 11) is 0. The number of amides is 1. The van der Waals surface area contributed by atoms with Crippen molar-refractivity contribution in [2.24, 2.45) is 5.10 Å². The Morgan fingerprint density at radius 3 is 2.57 bits per heavy atom. The largest absolute Gasteiger partial charge is 0.444 e. The van der Waals surface area contributed by atoms with Crippen LogP contribution >= 0.6 is 0 Å². The molecule has 1 saturated heterocycles. The van der Waals surface area contributed by atoms with Gasteiger partial charge < -0.3 is 4.74 Å². The first kappa shape index (κ1) is 17.3. The van der Waals surface area contributed by atoms with Gasteiger partial charge in [-0.05, 0) is 59.6 Å². The van der Waals surface area contributed by atoms with Crippen molar-refractivity contribution in [2.45, 2.75) is 59.1 Å². The quantitative estimate of drug-likeness (QED) is 0.672. The molecule has 5 heteroatoms. The zero-order valence-corrected chi connectivity index (χ0v) is 14.7. The van der Waals surface area contributed by atoms with Gasteiger partial charge in [-0.3, -0.25) is 10.3 Å². The van der Waals surface area contributed by atoms with Gasteiger partial charge in [-0.2, -0.15) is 5.10 Å².